The monoisotopic (exact) mass is 313 g/mol. The maximum atomic E-state index is 11.8. The standard InChI is InChI=1S/C18H19NO4/c1-13(14-7-3-2-4-8-14)11-19-17(21)12-23-18(22)15-9-5-6-10-16(15)20/h2-10,13,20H,11-12H2,1H3,(H,19,21)/t13-/m1/s1. The first-order valence-electron chi connectivity index (χ1n) is 7.34. The maximum absolute atomic E-state index is 11.8. The number of benzene rings is 2. The average Bonchev–Trinajstić information content (AvgIpc) is 2.58. The van der Waals surface area contributed by atoms with Gasteiger partial charge >= 0.3 is 5.97 Å². The molecule has 0 fully saturated rings. The molecular formula is C18H19NO4. The first kappa shape index (κ1) is 16.5. The molecular weight excluding hydrogens is 294 g/mol. The van der Waals surface area contributed by atoms with E-state index in [0.29, 0.717) is 6.54 Å². The molecule has 0 aliphatic carbocycles. The number of hydrogen-bond donors (Lipinski definition) is 2. The second-order valence-electron chi connectivity index (χ2n) is 5.21. The van der Waals surface area contributed by atoms with Crippen molar-refractivity contribution in [2.45, 2.75) is 12.8 Å². The van der Waals surface area contributed by atoms with Gasteiger partial charge in [0.2, 0.25) is 0 Å². The molecule has 0 saturated heterocycles. The molecule has 2 N–H and O–H groups in total. The largest absolute Gasteiger partial charge is 0.507 e. The quantitative estimate of drug-likeness (QED) is 0.803. The first-order valence-corrected chi connectivity index (χ1v) is 7.34. The van der Waals surface area contributed by atoms with E-state index in [2.05, 4.69) is 5.32 Å². The molecule has 0 saturated carbocycles. The van der Waals surface area contributed by atoms with Gasteiger partial charge in [0, 0.05) is 6.54 Å². The molecule has 0 unspecified atom stereocenters. The van der Waals surface area contributed by atoms with Gasteiger partial charge in [-0.1, -0.05) is 49.4 Å². The number of esters is 1. The van der Waals surface area contributed by atoms with Crippen LogP contribution in [0.15, 0.2) is 54.6 Å². The van der Waals surface area contributed by atoms with Gasteiger partial charge in [-0.25, -0.2) is 4.79 Å². The summed E-state index contributed by atoms with van der Waals surface area (Å²) in [5.74, 6) is -1.12. The van der Waals surface area contributed by atoms with Gasteiger partial charge < -0.3 is 15.2 Å². The SMILES string of the molecule is C[C@H](CNC(=O)COC(=O)c1ccccc1O)c1ccccc1. The molecule has 5 nitrogen and oxygen atoms in total. The number of amides is 1. The van der Waals surface area contributed by atoms with Crippen molar-refractivity contribution in [3.05, 3.63) is 65.7 Å². The Morgan fingerprint density at radius 3 is 2.43 bits per heavy atom. The minimum Gasteiger partial charge on any atom is -0.507 e. The summed E-state index contributed by atoms with van der Waals surface area (Å²) < 4.78 is 4.90. The number of carbonyl (C=O) groups excluding carboxylic acids is 2. The molecule has 0 bridgehead atoms. The molecule has 0 heterocycles. The van der Waals surface area contributed by atoms with Crippen LogP contribution in [0.4, 0.5) is 0 Å². The minimum absolute atomic E-state index is 0.0398. The second-order valence-corrected chi connectivity index (χ2v) is 5.21. The van der Waals surface area contributed by atoms with E-state index in [1.54, 1.807) is 12.1 Å². The van der Waals surface area contributed by atoms with Gasteiger partial charge in [-0.15, -0.1) is 0 Å². The number of nitrogens with one attached hydrogen (secondary N) is 1. The summed E-state index contributed by atoms with van der Waals surface area (Å²) in [5, 5.41) is 12.3. The fourth-order valence-corrected chi connectivity index (χ4v) is 2.07. The second kappa shape index (κ2) is 7.98. The van der Waals surface area contributed by atoms with E-state index >= 15 is 0 Å². The fourth-order valence-electron chi connectivity index (χ4n) is 2.07. The zero-order chi connectivity index (χ0) is 16.7. The van der Waals surface area contributed by atoms with Gasteiger partial charge in [0.05, 0.1) is 0 Å². The zero-order valence-corrected chi connectivity index (χ0v) is 12.9. The molecule has 2 rings (SSSR count). The third-order valence-corrected chi connectivity index (χ3v) is 3.43. The summed E-state index contributed by atoms with van der Waals surface area (Å²) in [5.41, 5.74) is 1.16. The van der Waals surface area contributed by atoms with Crippen LogP contribution in [0.3, 0.4) is 0 Å². The summed E-state index contributed by atoms with van der Waals surface area (Å²) in [6, 6.07) is 15.9. The third-order valence-electron chi connectivity index (χ3n) is 3.43. The van der Waals surface area contributed by atoms with E-state index in [4.69, 9.17) is 4.74 Å². The van der Waals surface area contributed by atoms with E-state index < -0.39 is 5.97 Å². The van der Waals surface area contributed by atoms with Crippen LogP contribution in [-0.2, 0) is 9.53 Å². The Labute approximate surface area is 134 Å². The van der Waals surface area contributed by atoms with Crippen molar-refractivity contribution in [1.82, 2.24) is 5.32 Å². The molecule has 2 aromatic rings. The molecule has 120 valence electrons. The number of phenols is 1. The van der Waals surface area contributed by atoms with Crippen molar-refractivity contribution >= 4 is 11.9 Å². The highest BCUT2D eigenvalue weighted by molar-refractivity contribution is 5.93. The van der Waals surface area contributed by atoms with Crippen LogP contribution in [0.2, 0.25) is 0 Å². The smallest absolute Gasteiger partial charge is 0.342 e. The van der Waals surface area contributed by atoms with Gasteiger partial charge in [0.1, 0.15) is 11.3 Å². The molecule has 0 aromatic heterocycles. The van der Waals surface area contributed by atoms with Crippen LogP contribution in [0.25, 0.3) is 0 Å². The number of carbonyl (C=O) groups is 2. The summed E-state index contributed by atoms with van der Waals surface area (Å²) in [6.45, 7) is 2.08. The van der Waals surface area contributed by atoms with Crippen molar-refractivity contribution < 1.29 is 19.4 Å². The van der Waals surface area contributed by atoms with Crippen LogP contribution < -0.4 is 5.32 Å². The molecule has 0 spiro atoms. The zero-order valence-electron chi connectivity index (χ0n) is 12.9. The Kier molecular flexibility index (Phi) is 5.74. The number of para-hydroxylation sites is 1. The van der Waals surface area contributed by atoms with E-state index in [-0.39, 0.29) is 29.7 Å². The lowest BCUT2D eigenvalue weighted by molar-refractivity contribution is -0.124. The first-order chi connectivity index (χ1) is 11.1. The van der Waals surface area contributed by atoms with Gasteiger partial charge in [-0.2, -0.15) is 0 Å². The Bertz CT molecular complexity index is 670. The molecule has 5 heteroatoms. The number of rotatable bonds is 6. The molecule has 0 aliphatic rings. The van der Waals surface area contributed by atoms with Crippen LogP contribution in [0.1, 0.15) is 28.8 Å². The molecule has 1 atom stereocenters. The molecule has 0 radical (unpaired) electrons. The Morgan fingerprint density at radius 1 is 1.09 bits per heavy atom. The Balaban J connectivity index is 1.77. The summed E-state index contributed by atoms with van der Waals surface area (Å²) in [4.78, 5) is 23.5. The molecule has 23 heavy (non-hydrogen) atoms. The lowest BCUT2D eigenvalue weighted by Crippen LogP contribution is -2.31. The van der Waals surface area contributed by atoms with E-state index in [9.17, 15) is 14.7 Å². The summed E-state index contributed by atoms with van der Waals surface area (Å²) in [7, 11) is 0. The van der Waals surface area contributed by atoms with Crippen LogP contribution >= 0.6 is 0 Å². The van der Waals surface area contributed by atoms with Gasteiger partial charge in [0.15, 0.2) is 6.61 Å². The van der Waals surface area contributed by atoms with E-state index in [0.717, 1.165) is 5.56 Å². The predicted molar refractivity (Wildman–Crippen MR) is 86.3 cm³/mol. The molecule has 2 aromatic carbocycles. The molecule has 1 amide bonds. The highest BCUT2D eigenvalue weighted by Crippen LogP contribution is 2.16. The van der Waals surface area contributed by atoms with Crippen molar-refractivity contribution in [1.29, 1.82) is 0 Å². The summed E-state index contributed by atoms with van der Waals surface area (Å²) >= 11 is 0. The van der Waals surface area contributed by atoms with Crippen molar-refractivity contribution in [2.24, 2.45) is 0 Å². The number of phenolic OH excluding ortho intramolecular Hbond substituents is 1. The third kappa shape index (κ3) is 4.85. The van der Waals surface area contributed by atoms with Crippen molar-refractivity contribution in [2.75, 3.05) is 13.2 Å². The van der Waals surface area contributed by atoms with Gasteiger partial charge in [0.25, 0.3) is 5.91 Å². The van der Waals surface area contributed by atoms with Gasteiger partial charge in [-0.05, 0) is 23.6 Å². The van der Waals surface area contributed by atoms with Crippen molar-refractivity contribution in [3.8, 4) is 5.75 Å². The Morgan fingerprint density at radius 2 is 1.74 bits per heavy atom. The lowest BCUT2D eigenvalue weighted by atomic mass is 10.0. The highest BCUT2D eigenvalue weighted by Gasteiger charge is 2.14. The normalized spacial score (nSPS) is 11.5. The van der Waals surface area contributed by atoms with Crippen LogP contribution in [-0.4, -0.2) is 30.1 Å². The number of aromatic hydroxyl groups is 1. The van der Waals surface area contributed by atoms with Crippen LogP contribution in [0, 0.1) is 0 Å². The van der Waals surface area contributed by atoms with E-state index in [1.165, 1.54) is 12.1 Å². The van der Waals surface area contributed by atoms with Gasteiger partial charge in [-0.3, -0.25) is 4.79 Å². The topological polar surface area (TPSA) is 75.6 Å². The number of ether oxygens (including phenoxy) is 1. The van der Waals surface area contributed by atoms with Crippen molar-refractivity contribution in [3.63, 3.8) is 0 Å². The molecule has 0 aliphatic heterocycles. The average molecular weight is 313 g/mol. The fraction of sp³-hybridized carbons (Fsp3) is 0.222. The minimum atomic E-state index is -0.727. The summed E-state index contributed by atoms with van der Waals surface area (Å²) in [6.07, 6.45) is 0. The predicted octanol–water partition coefficient (Wildman–Crippen LogP) is 2.47. The lowest BCUT2D eigenvalue weighted by Gasteiger charge is -2.13. The maximum Gasteiger partial charge on any atom is 0.342 e. The highest BCUT2D eigenvalue weighted by atomic mass is 16.5. The van der Waals surface area contributed by atoms with E-state index in [1.807, 2.05) is 37.3 Å². The van der Waals surface area contributed by atoms with Crippen LogP contribution in [0.5, 0.6) is 5.75 Å². The number of hydrogen-bond acceptors (Lipinski definition) is 4. The Hall–Kier alpha value is -2.82.